The lowest BCUT2D eigenvalue weighted by Crippen LogP contribution is -2.38. The molecule has 2 amide bonds. The van der Waals surface area contributed by atoms with Crippen LogP contribution in [0.4, 0.5) is 24.5 Å². The predicted octanol–water partition coefficient (Wildman–Crippen LogP) is 2.96. The monoisotopic (exact) mass is 466 g/mol. The zero-order chi connectivity index (χ0) is 23.8. The number of likely N-dealkylation sites (N-methyl/N-ethyl adjacent to an activating group) is 1. The van der Waals surface area contributed by atoms with Crippen molar-refractivity contribution in [3.8, 4) is 5.88 Å². The number of carbonyl (C=O) groups excluding carboxylic acids is 2. The van der Waals surface area contributed by atoms with Gasteiger partial charge in [-0.05, 0) is 37.3 Å². The predicted molar refractivity (Wildman–Crippen MR) is 115 cm³/mol. The maximum Gasteiger partial charge on any atom is 0.422 e. The summed E-state index contributed by atoms with van der Waals surface area (Å²) in [5, 5.41) is 2.76. The first-order chi connectivity index (χ1) is 15.7. The Kier molecular flexibility index (Phi) is 8.10. The average molecular weight is 466 g/mol. The maximum absolute atomic E-state index is 12.7. The first-order valence-electron chi connectivity index (χ1n) is 10.4. The van der Waals surface area contributed by atoms with Crippen LogP contribution in [0.5, 0.6) is 5.88 Å². The molecule has 1 fully saturated rings. The van der Waals surface area contributed by atoms with E-state index in [1.807, 2.05) is 12.1 Å². The molecule has 3 rings (SSSR count). The summed E-state index contributed by atoms with van der Waals surface area (Å²) >= 11 is 0. The molecular weight excluding hydrogens is 441 g/mol. The molecule has 1 aromatic heterocycles. The van der Waals surface area contributed by atoms with Gasteiger partial charge in [-0.1, -0.05) is 0 Å². The number of anilines is 2. The fraction of sp³-hybridized carbons (Fsp3) is 0.409. The molecule has 0 spiro atoms. The zero-order valence-electron chi connectivity index (χ0n) is 18.1. The van der Waals surface area contributed by atoms with Crippen molar-refractivity contribution in [1.29, 1.82) is 0 Å². The van der Waals surface area contributed by atoms with Crippen molar-refractivity contribution in [2.75, 3.05) is 56.2 Å². The van der Waals surface area contributed by atoms with Crippen LogP contribution in [0.15, 0.2) is 42.6 Å². The van der Waals surface area contributed by atoms with Crippen molar-refractivity contribution >= 4 is 23.2 Å². The minimum absolute atomic E-state index is 0.138. The number of benzene rings is 1. The van der Waals surface area contributed by atoms with Gasteiger partial charge in [0, 0.05) is 43.3 Å². The molecule has 1 saturated heterocycles. The van der Waals surface area contributed by atoms with Crippen molar-refractivity contribution < 1.29 is 32.2 Å². The van der Waals surface area contributed by atoms with Crippen LogP contribution in [0.1, 0.15) is 17.3 Å². The van der Waals surface area contributed by atoms with Gasteiger partial charge in [-0.2, -0.15) is 13.2 Å². The highest BCUT2D eigenvalue weighted by Crippen LogP contribution is 2.20. The molecule has 0 radical (unpaired) electrons. The molecule has 2 heterocycles. The molecule has 178 valence electrons. The molecule has 1 aliphatic rings. The summed E-state index contributed by atoms with van der Waals surface area (Å²) in [6.45, 7) is 3.30. The van der Waals surface area contributed by atoms with Crippen LogP contribution >= 0.6 is 0 Å². The highest BCUT2D eigenvalue weighted by Gasteiger charge is 2.28. The topological polar surface area (TPSA) is 84.0 Å². The summed E-state index contributed by atoms with van der Waals surface area (Å²) in [5.41, 5.74) is 1.78. The van der Waals surface area contributed by atoms with Gasteiger partial charge in [0.15, 0.2) is 6.61 Å². The second-order valence-corrected chi connectivity index (χ2v) is 7.30. The van der Waals surface area contributed by atoms with E-state index in [1.165, 1.54) is 17.0 Å². The summed E-state index contributed by atoms with van der Waals surface area (Å²) < 4.78 is 46.6. The highest BCUT2D eigenvalue weighted by atomic mass is 19.4. The number of alkyl halides is 3. The van der Waals surface area contributed by atoms with E-state index in [4.69, 9.17) is 4.74 Å². The Hall–Kier alpha value is -3.34. The lowest BCUT2D eigenvalue weighted by atomic mass is 10.2. The molecule has 1 N–H and O–H groups in total. The van der Waals surface area contributed by atoms with Crippen molar-refractivity contribution in [1.82, 2.24) is 9.88 Å². The van der Waals surface area contributed by atoms with E-state index < -0.39 is 18.7 Å². The van der Waals surface area contributed by atoms with E-state index in [2.05, 4.69) is 19.9 Å². The number of nitrogens with one attached hydrogen (secondary N) is 1. The average Bonchev–Trinajstić information content (AvgIpc) is 2.82. The van der Waals surface area contributed by atoms with Crippen molar-refractivity contribution in [2.45, 2.75) is 13.1 Å². The number of hydrogen-bond donors (Lipinski definition) is 1. The van der Waals surface area contributed by atoms with E-state index in [1.54, 1.807) is 19.1 Å². The number of nitrogens with zero attached hydrogens (tertiary/aromatic N) is 3. The van der Waals surface area contributed by atoms with E-state index in [0.29, 0.717) is 18.9 Å². The summed E-state index contributed by atoms with van der Waals surface area (Å²) in [7, 11) is 0. The molecule has 0 atom stereocenters. The summed E-state index contributed by atoms with van der Waals surface area (Å²) in [4.78, 5) is 32.4. The molecule has 2 aromatic rings. The van der Waals surface area contributed by atoms with Crippen LogP contribution in [0.3, 0.4) is 0 Å². The number of rotatable bonds is 8. The van der Waals surface area contributed by atoms with Gasteiger partial charge < -0.3 is 24.6 Å². The lowest BCUT2D eigenvalue weighted by Gasteiger charge is -2.29. The summed E-state index contributed by atoms with van der Waals surface area (Å²) in [6.07, 6.45) is -3.36. The largest absolute Gasteiger partial charge is 0.468 e. The second-order valence-electron chi connectivity index (χ2n) is 7.30. The van der Waals surface area contributed by atoms with Gasteiger partial charge in [0.2, 0.25) is 11.8 Å². The Morgan fingerprint density at radius 1 is 1.15 bits per heavy atom. The summed E-state index contributed by atoms with van der Waals surface area (Å²) in [5.74, 6) is -1.09. The molecule has 1 aliphatic heterocycles. The summed E-state index contributed by atoms with van der Waals surface area (Å²) in [6, 6.07) is 9.92. The number of amides is 2. The Labute approximate surface area is 189 Å². The number of morpholine rings is 1. The van der Waals surface area contributed by atoms with Crippen LogP contribution in [-0.2, 0) is 9.53 Å². The third-order valence-electron chi connectivity index (χ3n) is 4.90. The quantitative estimate of drug-likeness (QED) is 0.644. The van der Waals surface area contributed by atoms with Crippen LogP contribution in [0.2, 0.25) is 0 Å². The minimum atomic E-state index is -4.48. The first-order valence-corrected chi connectivity index (χ1v) is 10.4. The maximum atomic E-state index is 12.7. The smallest absolute Gasteiger partial charge is 0.422 e. The number of carbonyl (C=O) groups is 2. The molecule has 0 unspecified atom stereocenters. The fourth-order valence-electron chi connectivity index (χ4n) is 3.21. The fourth-order valence-corrected chi connectivity index (χ4v) is 3.21. The normalized spacial score (nSPS) is 14.0. The third-order valence-corrected chi connectivity index (χ3v) is 4.90. The van der Waals surface area contributed by atoms with Crippen molar-refractivity contribution in [3.05, 3.63) is 48.2 Å². The van der Waals surface area contributed by atoms with E-state index in [0.717, 1.165) is 25.0 Å². The van der Waals surface area contributed by atoms with Crippen LogP contribution < -0.4 is 15.0 Å². The Bertz CT molecular complexity index is 930. The van der Waals surface area contributed by atoms with Gasteiger partial charge in [-0.15, -0.1) is 0 Å². The molecule has 0 saturated carbocycles. The third kappa shape index (κ3) is 7.35. The zero-order valence-corrected chi connectivity index (χ0v) is 18.1. The number of pyridine rings is 1. The van der Waals surface area contributed by atoms with Crippen molar-refractivity contribution in [2.24, 2.45) is 0 Å². The van der Waals surface area contributed by atoms with Gasteiger partial charge in [0.1, 0.15) is 6.54 Å². The van der Waals surface area contributed by atoms with Gasteiger partial charge in [-0.3, -0.25) is 9.59 Å². The molecule has 0 bridgehead atoms. The second kappa shape index (κ2) is 11.0. The Balaban J connectivity index is 1.54. The van der Waals surface area contributed by atoms with Crippen LogP contribution in [0.25, 0.3) is 0 Å². The van der Waals surface area contributed by atoms with Gasteiger partial charge in [-0.25, -0.2) is 4.98 Å². The lowest BCUT2D eigenvalue weighted by molar-refractivity contribution is -0.154. The van der Waals surface area contributed by atoms with E-state index in [-0.39, 0.29) is 30.4 Å². The minimum Gasteiger partial charge on any atom is -0.468 e. The Morgan fingerprint density at radius 2 is 1.85 bits per heavy atom. The SMILES string of the molecule is CCN(CC(=O)Nc1ccc(N2CCOCC2)cc1)C(=O)c1ccc(OCC(F)(F)F)nc1. The van der Waals surface area contributed by atoms with Gasteiger partial charge in [0.25, 0.3) is 5.91 Å². The standard InChI is InChI=1S/C22H25F3N4O4/c1-2-28(21(31)16-3-8-20(26-13-16)33-15-22(23,24)25)14-19(30)27-17-4-6-18(7-5-17)29-9-11-32-12-10-29/h3-8,13H,2,9-12,14-15H2,1H3,(H,27,30). The number of halogens is 3. The van der Waals surface area contributed by atoms with Gasteiger partial charge in [0.05, 0.1) is 18.8 Å². The number of ether oxygens (including phenoxy) is 2. The van der Waals surface area contributed by atoms with Gasteiger partial charge >= 0.3 is 6.18 Å². The number of hydrogen-bond acceptors (Lipinski definition) is 6. The van der Waals surface area contributed by atoms with Crippen LogP contribution in [0, 0.1) is 0 Å². The highest BCUT2D eigenvalue weighted by molar-refractivity contribution is 5.99. The molecular formula is C22H25F3N4O4. The number of aromatic nitrogens is 1. The Morgan fingerprint density at radius 3 is 2.42 bits per heavy atom. The molecule has 1 aromatic carbocycles. The van der Waals surface area contributed by atoms with E-state index in [9.17, 15) is 22.8 Å². The molecule has 11 heteroatoms. The molecule has 8 nitrogen and oxygen atoms in total. The molecule has 33 heavy (non-hydrogen) atoms. The molecule has 0 aliphatic carbocycles. The van der Waals surface area contributed by atoms with E-state index >= 15 is 0 Å². The van der Waals surface area contributed by atoms with Crippen LogP contribution in [-0.4, -0.2) is 73.9 Å². The first kappa shape index (κ1) is 24.3. The van der Waals surface area contributed by atoms with Crippen molar-refractivity contribution in [3.63, 3.8) is 0 Å².